The summed E-state index contributed by atoms with van der Waals surface area (Å²) in [4.78, 5) is 2.36. The van der Waals surface area contributed by atoms with E-state index in [4.69, 9.17) is 11.2 Å². The zero-order chi connectivity index (χ0) is 11.4. The summed E-state index contributed by atoms with van der Waals surface area (Å²) in [6.07, 6.45) is 7.96. The van der Waals surface area contributed by atoms with Crippen LogP contribution in [-0.2, 0) is 6.54 Å². The van der Waals surface area contributed by atoms with Gasteiger partial charge in [0.05, 0.1) is 13.7 Å². The Labute approximate surface area is 97.2 Å². The Hall–Kier alpha value is -1.46. The van der Waals surface area contributed by atoms with Gasteiger partial charge in [-0.1, -0.05) is 18.1 Å². The topological polar surface area (TPSA) is 12.5 Å². The SMILES string of the molecule is C#CCN(Cc1ccc(OC)cc1)C1CC1. The summed E-state index contributed by atoms with van der Waals surface area (Å²) in [6, 6.07) is 8.90. The van der Waals surface area contributed by atoms with Crippen molar-refractivity contribution in [3.8, 4) is 18.1 Å². The molecule has 1 aromatic carbocycles. The van der Waals surface area contributed by atoms with E-state index in [1.807, 2.05) is 12.1 Å². The Morgan fingerprint density at radius 3 is 2.56 bits per heavy atom. The van der Waals surface area contributed by atoms with Crippen molar-refractivity contribution in [1.29, 1.82) is 0 Å². The fraction of sp³-hybridized carbons (Fsp3) is 0.429. The molecule has 2 nitrogen and oxygen atoms in total. The molecule has 2 heteroatoms. The third-order valence-electron chi connectivity index (χ3n) is 2.90. The van der Waals surface area contributed by atoms with Gasteiger partial charge in [-0.15, -0.1) is 6.42 Å². The van der Waals surface area contributed by atoms with Crippen LogP contribution in [0.15, 0.2) is 24.3 Å². The summed E-state index contributed by atoms with van der Waals surface area (Å²) in [5, 5.41) is 0. The van der Waals surface area contributed by atoms with Gasteiger partial charge in [0.15, 0.2) is 0 Å². The first-order valence-corrected chi connectivity index (χ1v) is 5.64. The predicted molar refractivity (Wildman–Crippen MR) is 65.3 cm³/mol. The van der Waals surface area contributed by atoms with E-state index >= 15 is 0 Å². The van der Waals surface area contributed by atoms with E-state index in [1.54, 1.807) is 7.11 Å². The van der Waals surface area contributed by atoms with Crippen LogP contribution in [0.5, 0.6) is 5.75 Å². The second-order valence-corrected chi connectivity index (χ2v) is 4.19. The lowest BCUT2D eigenvalue weighted by atomic mass is 10.2. The largest absolute Gasteiger partial charge is 0.497 e. The fourth-order valence-electron chi connectivity index (χ4n) is 1.84. The second-order valence-electron chi connectivity index (χ2n) is 4.19. The molecule has 0 spiro atoms. The zero-order valence-corrected chi connectivity index (χ0v) is 9.65. The Kier molecular flexibility index (Phi) is 3.48. The summed E-state index contributed by atoms with van der Waals surface area (Å²) in [6.45, 7) is 1.69. The lowest BCUT2D eigenvalue weighted by Crippen LogP contribution is -2.25. The van der Waals surface area contributed by atoms with Crippen LogP contribution in [0.4, 0.5) is 0 Å². The average molecular weight is 215 g/mol. The van der Waals surface area contributed by atoms with Crippen molar-refractivity contribution in [3.05, 3.63) is 29.8 Å². The molecule has 0 N–H and O–H groups in total. The number of hydrogen-bond donors (Lipinski definition) is 0. The van der Waals surface area contributed by atoms with Gasteiger partial charge in [-0.3, -0.25) is 4.90 Å². The molecule has 1 aliphatic rings. The molecule has 0 atom stereocenters. The van der Waals surface area contributed by atoms with E-state index in [0.717, 1.165) is 18.8 Å². The van der Waals surface area contributed by atoms with Crippen LogP contribution in [0.3, 0.4) is 0 Å². The van der Waals surface area contributed by atoms with Crippen LogP contribution in [0.25, 0.3) is 0 Å². The summed E-state index contributed by atoms with van der Waals surface area (Å²) in [5.74, 6) is 3.63. The monoisotopic (exact) mass is 215 g/mol. The van der Waals surface area contributed by atoms with E-state index < -0.39 is 0 Å². The molecule has 0 heterocycles. The molecule has 16 heavy (non-hydrogen) atoms. The molecule has 0 saturated heterocycles. The highest BCUT2D eigenvalue weighted by atomic mass is 16.5. The average Bonchev–Trinajstić information content (AvgIpc) is 3.13. The molecule has 0 aliphatic heterocycles. The van der Waals surface area contributed by atoms with E-state index in [2.05, 4.69) is 23.0 Å². The highest BCUT2D eigenvalue weighted by Crippen LogP contribution is 2.28. The summed E-state index contributed by atoms with van der Waals surface area (Å²) < 4.78 is 5.14. The molecule has 2 rings (SSSR count). The van der Waals surface area contributed by atoms with Crippen molar-refractivity contribution < 1.29 is 4.74 Å². The number of nitrogens with zero attached hydrogens (tertiary/aromatic N) is 1. The molecule has 0 bridgehead atoms. The van der Waals surface area contributed by atoms with Gasteiger partial charge in [-0.25, -0.2) is 0 Å². The van der Waals surface area contributed by atoms with Gasteiger partial charge in [0.1, 0.15) is 5.75 Å². The number of hydrogen-bond acceptors (Lipinski definition) is 2. The fourth-order valence-corrected chi connectivity index (χ4v) is 1.84. The Morgan fingerprint density at radius 1 is 1.38 bits per heavy atom. The highest BCUT2D eigenvalue weighted by Gasteiger charge is 2.28. The Balaban J connectivity index is 1.98. The predicted octanol–water partition coefficient (Wildman–Crippen LogP) is 2.29. The molecule has 0 radical (unpaired) electrons. The minimum absolute atomic E-state index is 0.707. The molecular weight excluding hydrogens is 198 g/mol. The molecule has 1 fully saturated rings. The normalized spacial score (nSPS) is 14.8. The van der Waals surface area contributed by atoms with Crippen LogP contribution < -0.4 is 4.74 Å². The Bertz CT molecular complexity index is 373. The summed E-state index contributed by atoms with van der Waals surface area (Å²) in [7, 11) is 1.68. The number of rotatable bonds is 5. The maximum absolute atomic E-state index is 5.38. The Morgan fingerprint density at radius 2 is 2.06 bits per heavy atom. The third kappa shape index (κ3) is 2.77. The molecule has 0 unspecified atom stereocenters. The van der Waals surface area contributed by atoms with E-state index in [9.17, 15) is 0 Å². The van der Waals surface area contributed by atoms with E-state index in [1.165, 1.54) is 18.4 Å². The number of ether oxygens (including phenoxy) is 1. The zero-order valence-electron chi connectivity index (χ0n) is 9.65. The van der Waals surface area contributed by atoms with Gasteiger partial charge in [-0.05, 0) is 30.5 Å². The molecule has 1 aliphatic carbocycles. The van der Waals surface area contributed by atoms with Gasteiger partial charge in [0.25, 0.3) is 0 Å². The van der Waals surface area contributed by atoms with Crippen LogP contribution in [-0.4, -0.2) is 24.6 Å². The van der Waals surface area contributed by atoms with Crippen molar-refractivity contribution in [2.75, 3.05) is 13.7 Å². The molecule has 0 amide bonds. The van der Waals surface area contributed by atoms with Gasteiger partial charge >= 0.3 is 0 Å². The van der Waals surface area contributed by atoms with Crippen molar-refractivity contribution in [3.63, 3.8) is 0 Å². The molecular formula is C14H17NO. The number of benzene rings is 1. The minimum Gasteiger partial charge on any atom is -0.497 e. The highest BCUT2D eigenvalue weighted by molar-refractivity contribution is 5.27. The first kappa shape index (κ1) is 11.0. The summed E-state index contributed by atoms with van der Waals surface area (Å²) >= 11 is 0. The van der Waals surface area contributed by atoms with Gasteiger partial charge in [0, 0.05) is 12.6 Å². The van der Waals surface area contributed by atoms with Crippen molar-refractivity contribution in [1.82, 2.24) is 4.90 Å². The maximum Gasteiger partial charge on any atom is 0.118 e. The first-order valence-electron chi connectivity index (χ1n) is 5.64. The minimum atomic E-state index is 0.707. The van der Waals surface area contributed by atoms with Crippen molar-refractivity contribution in [2.24, 2.45) is 0 Å². The van der Waals surface area contributed by atoms with Crippen LogP contribution >= 0.6 is 0 Å². The van der Waals surface area contributed by atoms with Crippen molar-refractivity contribution in [2.45, 2.75) is 25.4 Å². The van der Waals surface area contributed by atoms with Crippen LogP contribution in [0, 0.1) is 12.3 Å². The lowest BCUT2D eigenvalue weighted by Gasteiger charge is -2.19. The van der Waals surface area contributed by atoms with E-state index in [0.29, 0.717) is 6.04 Å². The molecule has 1 aromatic rings. The number of terminal acetylenes is 1. The van der Waals surface area contributed by atoms with Gasteiger partial charge in [0.2, 0.25) is 0 Å². The summed E-state index contributed by atoms with van der Waals surface area (Å²) in [5.41, 5.74) is 1.29. The van der Waals surface area contributed by atoms with Crippen LogP contribution in [0.1, 0.15) is 18.4 Å². The lowest BCUT2D eigenvalue weighted by molar-refractivity contribution is 0.288. The molecule has 0 aromatic heterocycles. The maximum atomic E-state index is 5.38. The first-order chi connectivity index (χ1) is 7.83. The third-order valence-corrected chi connectivity index (χ3v) is 2.90. The van der Waals surface area contributed by atoms with Crippen LogP contribution in [0.2, 0.25) is 0 Å². The second kappa shape index (κ2) is 5.05. The van der Waals surface area contributed by atoms with Crippen molar-refractivity contribution >= 4 is 0 Å². The number of methoxy groups -OCH3 is 1. The van der Waals surface area contributed by atoms with Gasteiger partial charge in [-0.2, -0.15) is 0 Å². The molecule has 1 saturated carbocycles. The van der Waals surface area contributed by atoms with Gasteiger partial charge < -0.3 is 4.74 Å². The molecule has 84 valence electrons. The standard InChI is InChI=1S/C14H17NO/c1-3-10-15(13-6-7-13)11-12-4-8-14(16-2)9-5-12/h1,4-5,8-9,13H,6-7,10-11H2,2H3. The smallest absolute Gasteiger partial charge is 0.118 e. The quantitative estimate of drug-likeness (QED) is 0.699. The van der Waals surface area contributed by atoms with E-state index in [-0.39, 0.29) is 0 Å².